The summed E-state index contributed by atoms with van der Waals surface area (Å²) in [5, 5.41) is 0.527. The Hall–Kier alpha value is -0.625. The van der Waals surface area contributed by atoms with Crippen LogP contribution in [0.1, 0.15) is 0 Å². The van der Waals surface area contributed by atoms with Gasteiger partial charge in [0.2, 0.25) is 0 Å². The average molecular weight is 152 g/mol. The SMILES string of the molecule is [B]c1ccc(OC)cc1Cl. The first-order valence-electron chi connectivity index (χ1n) is 2.83. The summed E-state index contributed by atoms with van der Waals surface area (Å²) >= 11 is 5.69. The van der Waals surface area contributed by atoms with Crippen LogP contribution in [0.2, 0.25) is 5.02 Å². The van der Waals surface area contributed by atoms with Crippen LogP contribution in [-0.4, -0.2) is 15.0 Å². The molecular weight excluding hydrogens is 146 g/mol. The van der Waals surface area contributed by atoms with Crippen LogP contribution < -0.4 is 10.2 Å². The lowest BCUT2D eigenvalue weighted by Gasteiger charge is -2.01. The molecule has 0 aliphatic heterocycles. The molecule has 1 rings (SSSR count). The van der Waals surface area contributed by atoms with Gasteiger partial charge in [-0.15, -0.1) is 0 Å². The van der Waals surface area contributed by atoms with E-state index in [1.54, 1.807) is 25.3 Å². The first-order chi connectivity index (χ1) is 4.74. The number of rotatable bonds is 1. The highest BCUT2D eigenvalue weighted by molar-refractivity contribution is 6.45. The zero-order valence-electron chi connectivity index (χ0n) is 5.60. The van der Waals surface area contributed by atoms with Gasteiger partial charge in [0.25, 0.3) is 0 Å². The summed E-state index contributed by atoms with van der Waals surface area (Å²) in [7, 11) is 7.04. The Morgan fingerprint density at radius 3 is 2.70 bits per heavy atom. The summed E-state index contributed by atoms with van der Waals surface area (Å²) in [5.74, 6) is 0.721. The molecule has 1 nitrogen and oxygen atoms in total. The standard InChI is InChI=1S/C7H6BClO/c1-10-5-2-3-6(8)7(9)4-5/h2-4H,1H3. The Kier molecular flexibility index (Phi) is 2.23. The highest BCUT2D eigenvalue weighted by Gasteiger charge is 1.94. The van der Waals surface area contributed by atoms with E-state index in [4.69, 9.17) is 24.2 Å². The molecule has 0 aliphatic rings. The van der Waals surface area contributed by atoms with Crippen LogP contribution in [0, 0.1) is 0 Å². The fraction of sp³-hybridized carbons (Fsp3) is 0.143. The van der Waals surface area contributed by atoms with E-state index in [1.807, 2.05) is 0 Å². The molecule has 0 heterocycles. The van der Waals surface area contributed by atoms with E-state index in [-0.39, 0.29) is 0 Å². The quantitative estimate of drug-likeness (QED) is 0.549. The summed E-state index contributed by atoms with van der Waals surface area (Å²) in [6.45, 7) is 0. The topological polar surface area (TPSA) is 9.23 Å². The maximum Gasteiger partial charge on any atom is 0.120 e. The molecule has 0 fully saturated rings. The number of ether oxygens (including phenoxy) is 1. The second kappa shape index (κ2) is 2.97. The molecule has 0 bridgehead atoms. The molecule has 0 aromatic heterocycles. The van der Waals surface area contributed by atoms with Crippen LogP contribution in [0.25, 0.3) is 0 Å². The molecule has 0 atom stereocenters. The number of halogens is 1. The fourth-order valence-corrected chi connectivity index (χ4v) is 0.805. The Morgan fingerprint density at radius 1 is 1.50 bits per heavy atom. The molecule has 0 spiro atoms. The first kappa shape index (κ1) is 7.48. The minimum absolute atomic E-state index is 0.527. The van der Waals surface area contributed by atoms with Gasteiger partial charge in [-0.1, -0.05) is 23.1 Å². The smallest absolute Gasteiger partial charge is 0.120 e. The average Bonchev–Trinajstić information content (AvgIpc) is 1.95. The van der Waals surface area contributed by atoms with Gasteiger partial charge in [0, 0.05) is 5.02 Å². The second-order valence-corrected chi connectivity index (χ2v) is 2.29. The van der Waals surface area contributed by atoms with E-state index in [1.165, 1.54) is 0 Å². The monoisotopic (exact) mass is 152 g/mol. The Balaban J connectivity index is 3.04. The molecule has 2 radical (unpaired) electrons. The molecule has 3 heteroatoms. The zero-order valence-corrected chi connectivity index (χ0v) is 6.35. The molecular formula is C7H6BClO. The van der Waals surface area contributed by atoms with Gasteiger partial charge in [-0.2, -0.15) is 0 Å². The van der Waals surface area contributed by atoms with Crippen molar-refractivity contribution in [2.45, 2.75) is 0 Å². The van der Waals surface area contributed by atoms with E-state index in [9.17, 15) is 0 Å². The molecule has 0 saturated heterocycles. The summed E-state index contributed by atoms with van der Waals surface area (Å²) in [4.78, 5) is 0. The lowest BCUT2D eigenvalue weighted by atomic mass is 9.96. The van der Waals surface area contributed by atoms with Crippen molar-refractivity contribution < 1.29 is 4.74 Å². The third-order valence-corrected chi connectivity index (χ3v) is 1.53. The molecule has 1 aromatic rings. The Bertz CT molecular complexity index is 237. The lowest BCUT2D eigenvalue weighted by molar-refractivity contribution is 0.415. The molecule has 0 aliphatic carbocycles. The zero-order chi connectivity index (χ0) is 7.56. The maximum absolute atomic E-state index is 5.69. The summed E-state index contributed by atoms with van der Waals surface area (Å²) in [5.41, 5.74) is 0.572. The highest BCUT2D eigenvalue weighted by Crippen LogP contribution is 2.13. The van der Waals surface area contributed by atoms with Gasteiger partial charge in [0.05, 0.1) is 7.11 Å². The van der Waals surface area contributed by atoms with Crippen LogP contribution >= 0.6 is 11.6 Å². The molecule has 50 valence electrons. The van der Waals surface area contributed by atoms with Gasteiger partial charge in [-0.05, 0) is 12.1 Å². The molecule has 0 saturated carbocycles. The molecule has 10 heavy (non-hydrogen) atoms. The first-order valence-corrected chi connectivity index (χ1v) is 3.21. The number of methoxy groups -OCH3 is 1. The van der Waals surface area contributed by atoms with E-state index in [0.29, 0.717) is 10.5 Å². The van der Waals surface area contributed by atoms with Crippen molar-refractivity contribution in [3.8, 4) is 5.75 Å². The van der Waals surface area contributed by atoms with Crippen molar-refractivity contribution in [2.75, 3.05) is 7.11 Å². The Labute approximate surface area is 66.4 Å². The van der Waals surface area contributed by atoms with Crippen LogP contribution in [-0.2, 0) is 0 Å². The Morgan fingerprint density at radius 2 is 2.20 bits per heavy atom. The predicted octanol–water partition coefficient (Wildman–Crippen LogP) is 1.14. The van der Waals surface area contributed by atoms with Gasteiger partial charge < -0.3 is 4.74 Å². The van der Waals surface area contributed by atoms with Gasteiger partial charge in [0.1, 0.15) is 13.6 Å². The molecule has 0 amide bonds. The third kappa shape index (κ3) is 1.45. The van der Waals surface area contributed by atoms with Crippen molar-refractivity contribution in [1.29, 1.82) is 0 Å². The van der Waals surface area contributed by atoms with E-state index in [0.717, 1.165) is 5.75 Å². The minimum atomic E-state index is 0.527. The van der Waals surface area contributed by atoms with Gasteiger partial charge in [-0.25, -0.2) is 0 Å². The van der Waals surface area contributed by atoms with Gasteiger partial charge >= 0.3 is 0 Å². The molecule has 0 unspecified atom stereocenters. The normalized spacial score (nSPS) is 9.40. The lowest BCUT2D eigenvalue weighted by Crippen LogP contribution is -2.02. The summed E-state index contributed by atoms with van der Waals surface area (Å²) < 4.78 is 4.91. The number of benzene rings is 1. The van der Waals surface area contributed by atoms with Crippen LogP contribution in [0.5, 0.6) is 5.75 Å². The maximum atomic E-state index is 5.69. The second-order valence-electron chi connectivity index (χ2n) is 1.89. The summed E-state index contributed by atoms with van der Waals surface area (Å²) in [6.07, 6.45) is 0. The predicted molar refractivity (Wildman–Crippen MR) is 43.4 cm³/mol. The van der Waals surface area contributed by atoms with Crippen LogP contribution in [0.3, 0.4) is 0 Å². The van der Waals surface area contributed by atoms with Gasteiger partial charge in [0.15, 0.2) is 0 Å². The van der Waals surface area contributed by atoms with Crippen LogP contribution in [0.15, 0.2) is 18.2 Å². The van der Waals surface area contributed by atoms with Crippen molar-refractivity contribution >= 4 is 24.9 Å². The number of hydrogen-bond donors (Lipinski definition) is 0. The molecule has 0 N–H and O–H groups in total. The molecule has 1 aromatic carbocycles. The van der Waals surface area contributed by atoms with Crippen molar-refractivity contribution in [3.05, 3.63) is 23.2 Å². The van der Waals surface area contributed by atoms with Crippen molar-refractivity contribution in [2.24, 2.45) is 0 Å². The van der Waals surface area contributed by atoms with Crippen molar-refractivity contribution in [3.63, 3.8) is 0 Å². The largest absolute Gasteiger partial charge is 0.497 e. The fourth-order valence-electron chi connectivity index (χ4n) is 0.635. The third-order valence-electron chi connectivity index (χ3n) is 1.21. The van der Waals surface area contributed by atoms with Crippen molar-refractivity contribution in [1.82, 2.24) is 0 Å². The summed E-state index contributed by atoms with van der Waals surface area (Å²) in [6, 6.07) is 5.15. The van der Waals surface area contributed by atoms with Gasteiger partial charge in [-0.3, -0.25) is 0 Å². The van der Waals surface area contributed by atoms with E-state index >= 15 is 0 Å². The van der Waals surface area contributed by atoms with Crippen LogP contribution in [0.4, 0.5) is 0 Å². The highest BCUT2D eigenvalue weighted by atomic mass is 35.5. The van der Waals surface area contributed by atoms with E-state index < -0.39 is 0 Å². The number of hydrogen-bond acceptors (Lipinski definition) is 1. The minimum Gasteiger partial charge on any atom is -0.497 e. The van der Waals surface area contributed by atoms with E-state index in [2.05, 4.69) is 0 Å².